The van der Waals surface area contributed by atoms with Crippen LogP contribution >= 0.6 is 0 Å². The second kappa shape index (κ2) is 23.9. The Balaban J connectivity index is -0.000000314. The van der Waals surface area contributed by atoms with Crippen LogP contribution in [0.25, 0.3) is 0 Å². The maximum atomic E-state index is 5.27. The third kappa shape index (κ3) is 23.0. The Bertz CT molecular complexity index is 118. The van der Waals surface area contributed by atoms with Crippen molar-refractivity contribution in [2.75, 3.05) is 39.6 Å². The maximum Gasteiger partial charge on any atom is 0.104 e. The van der Waals surface area contributed by atoms with Gasteiger partial charge in [0.15, 0.2) is 0 Å². The van der Waals surface area contributed by atoms with E-state index in [2.05, 4.69) is 0 Å². The zero-order valence-electron chi connectivity index (χ0n) is 15.0. The average Bonchev–Trinajstić information content (AvgIpc) is 3.46. The van der Waals surface area contributed by atoms with Crippen LogP contribution in [0.2, 0.25) is 0 Å². The van der Waals surface area contributed by atoms with Crippen LogP contribution in [0.4, 0.5) is 0 Å². The minimum absolute atomic E-state index is 0.358. The predicted molar refractivity (Wildman–Crippen MR) is 86.5 cm³/mol. The highest BCUT2D eigenvalue weighted by Crippen LogP contribution is 2.09. The molecule has 2 unspecified atom stereocenters. The third-order valence-corrected chi connectivity index (χ3v) is 1.78. The highest BCUT2D eigenvalue weighted by atomic mass is 16.6. The van der Waals surface area contributed by atoms with Gasteiger partial charge in [0, 0.05) is 0 Å². The summed E-state index contributed by atoms with van der Waals surface area (Å²) >= 11 is 0. The lowest BCUT2D eigenvalue weighted by Gasteiger charge is -2.02. The summed E-state index contributed by atoms with van der Waals surface area (Å²) in [6.07, 6.45) is 0.716. The lowest BCUT2D eigenvalue weighted by Crippen LogP contribution is -2.10. The molecule has 0 aromatic heterocycles. The molecule has 4 nitrogen and oxygen atoms in total. The van der Waals surface area contributed by atoms with E-state index in [1.54, 1.807) is 0 Å². The van der Waals surface area contributed by atoms with E-state index in [0.29, 0.717) is 38.6 Å². The summed E-state index contributed by atoms with van der Waals surface area (Å²) < 4.78 is 20.5. The minimum atomic E-state index is 0.358. The van der Waals surface area contributed by atoms with Crippen LogP contribution in [0.1, 0.15) is 55.4 Å². The highest BCUT2D eigenvalue weighted by Gasteiger charge is 2.23. The van der Waals surface area contributed by atoms with Gasteiger partial charge in [-0.2, -0.15) is 0 Å². The summed E-state index contributed by atoms with van der Waals surface area (Å²) in [6.45, 7) is 20.5. The van der Waals surface area contributed by atoms with E-state index in [4.69, 9.17) is 18.9 Å². The first-order valence-corrected chi connectivity index (χ1v) is 8.34. The Labute approximate surface area is 127 Å². The van der Waals surface area contributed by atoms with E-state index < -0.39 is 0 Å². The van der Waals surface area contributed by atoms with E-state index in [9.17, 15) is 0 Å². The number of ether oxygens (including phenoxy) is 4. The molecule has 2 aliphatic heterocycles. The van der Waals surface area contributed by atoms with Gasteiger partial charge in [0.25, 0.3) is 0 Å². The van der Waals surface area contributed by atoms with Gasteiger partial charge in [-0.25, -0.2) is 0 Å². The van der Waals surface area contributed by atoms with Crippen molar-refractivity contribution < 1.29 is 18.9 Å². The number of hydrogen-bond donors (Lipinski definition) is 0. The molecule has 0 aliphatic carbocycles. The fourth-order valence-electron chi connectivity index (χ4n) is 0.876. The van der Waals surface area contributed by atoms with Crippen molar-refractivity contribution in [3.8, 4) is 0 Å². The SMILES string of the molecule is C(COCC1CO1)OCC1CO1.CC.CC.CC.CC. The molecular formula is C16H38O4. The fourth-order valence-corrected chi connectivity index (χ4v) is 0.876. The van der Waals surface area contributed by atoms with Crippen LogP contribution in [0.15, 0.2) is 0 Å². The normalized spacial score (nSPS) is 20.4. The molecule has 0 aromatic rings. The number of hydrogen-bond acceptors (Lipinski definition) is 4. The Morgan fingerprint density at radius 2 is 0.900 bits per heavy atom. The van der Waals surface area contributed by atoms with Crippen LogP contribution in [-0.2, 0) is 18.9 Å². The van der Waals surface area contributed by atoms with Crippen LogP contribution in [-0.4, -0.2) is 51.8 Å². The molecule has 0 amide bonds. The summed E-state index contributed by atoms with van der Waals surface area (Å²) in [5, 5.41) is 0. The molecule has 126 valence electrons. The topological polar surface area (TPSA) is 43.5 Å². The molecule has 4 heteroatoms. The van der Waals surface area contributed by atoms with Gasteiger partial charge < -0.3 is 18.9 Å². The zero-order chi connectivity index (χ0) is 16.2. The highest BCUT2D eigenvalue weighted by molar-refractivity contribution is 4.68. The first-order valence-electron chi connectivity index (χ1n) is 8.34. The van der Waals surface area contributed by atoms with E-state index in [0.717, 1.165) is 13.2 Å². The van der Waals surface area contributed by atoms with Crippen molar-refractivity contribution in [3.63, 3.8) is 0 Å². The predicted octanol–water partition coefficient (Wildman–Crippen LogP) is 3.92. The fraction of sp³-hybridized carbons (Fsp3) is 1.00. The van der Waals surface area contributed by atoms with Crippen molar-refractivity contribution in [1.29, 1.82) is 0 Å². The van der Waals surface area contributed by atoms with Gasteiger partial charge >= 0.3 is 0 Å². The van der Waals surface area contributed by atoms with Gasteiger partial charge in [-0.3, -0.25) is 0 Å². The van der Waals surface area contributed by atoms with E-state index >= 15 is 0 Å². The molecule has 0 N–H and O–H groups in total. The molecular weight excluding hydrogens is 256 g/mol. The Kier molecular flexibility index (Phi) is 29.7. The van der Waals surface area contributed by atoms with Crippen molar-refractivity contribution in [3.05, 3.63) is 0 Å². The van der Waals surface area contributed by atoms with Crippen LogP contribution in [0.3, 0.4) is 0 Å². The zero-order valence-corrected chi connectivity index (χ0v) is 15.0. The molecule has 0 saturated carbocycles. The Hall–Kier alpha value is -0.160. The van der Waals surface area contributed by atoms with Crippen molar-refractivity contribution >= 4 is 0 Å². The number of rotatable bonds is 7. The minimum Gasteiger partial charge on any atom is -0.376 e. The summed E-state index contributed by atoms with van der Waals surface area (Å²) in [5.41, 5.74) is 0. The summed E-state index contributed by atoms with van der Waals surface area (Å²) in [7, 11) is 0. The van der Waals surface area contributed by atoms with Crippen molar-refractivity contribution in [1.82, 2.24) is 0 Å². The van der Waals surface area contributed by atoms with Crippen molar-refractivity contribution in [2.24, 2.45) is 0 Å². The summed E-state index contributed by atoms with van der Waals surface area (Å²) in [4.78, 5) is 0. The smallest absolute Gasteiger partial charge is 0.104 e. The van der Waals surface area contributed by atoms with Crippen LogP contribution < -0.4 is 0 Å². The lowest BCUT2D eigenvalue weighted by atomic mass is 10.5. The third-order valence-electron chi connectivity index (χ3n) is 1.78. The molecule has 2 fully saturated rings. The number of epoxide rings is 2. The molecule has 0 spiro atoms. The standard InChI is InChI=1S/C8H14O4.4C2H6/c1(9-3-7-5-11-7)2-10-4-8-6-12-8;4*1-2/h7-8H,1-6H2;4*1-2H3. The maximum absolute atomic E-state index is 5.27. The van der Waals surface area contributed by atoms with Gasteiger partial charge in [0.2, 0.25) is 0 Å². The molecule has 2 heterocycles. The quantitative estimate of drug-likeness (QED) is 0.527. The summed E-state index contributed by atoms with van der Waals surface area (Å²) in [5.74, 6) is 0. The van der Waals surface area contributed by atoms with E-state index in [-0.39, 0.29) is 0 Å². The molecule has 2 atom stereocenters. The summed E-state index contributed by atoms with van der Waals surface area (Å²) in [6, 6.07) is 0. The molecule has 20 heavy (non-hydrogen) atoms. The molecule has 2 rings (SSSR count). The van der Waals surface area contributed by atoms with Gasteiger partial charge in [0.05, 0.1) is 39.6 Å². The lowest BCUT2D eigenvalue weighted by molar-refractivity contribution is 0.0366. The molecule has 0 radical (unpaired) electrons. The average molecular weight is 294 g/mol. The van der Waals surface area contributed by atoms with Gasteiger partial charge in [-0.15, -0.1) is 0 Å². The van der Waals surface area contributed by atoms with Crippen LogP contribution in [0, 0.1) is 0 Å². The molecule has 0 bridgehead atoms. The van der Waals surface area contributed by atoms with Crippen molar-refractivity contribution in [2.45, 2.75) is 67.6 Å². The van der Waals surface area contributed by atoms with Crippen LogP contribution in [0.5, 0.6) is 0 Å². The first-order chi connectivity index (χ1) is 9.95. The first kappa shape index (κ1) is 24.8. The monoisotopic (exact) mass is 294 g/mol. The Morgan fingerprint density at radius 3 is 1.10 bits per heavy atom. The second-order valence-electron chi connectivity index (χ2n) is 3.06. The van der Waals surface area contributed by atoms with Gasteiger partial charge in [0.1, 0.15) is 12.2 Å². The van der Waals surface area contributed by atoms with E-state index in [1.165, 1.54) is 0 Å². The second-order valence-corrected chi connectivity index (χ2v) is 3.06. The largest absolute Gasteiger partial charge is 0.376 e. The molecule has 2 saturated heterocycles. The molecule has 2 aliphatic rings. The van der Waals surface area contributed by atoms with E-state index in [1.807, 2.05) is 55.4 Å². The van der Waals surface area contributed by atoms with Gasteiger partial charge in [-0.1, -0.05) is 55.4 Å². The molecule has 0 aromatic carbocycles. The Morgan fingerprint density at radius 1 is 0.650 bits per heavy atom. The van der Waals surface area contributed by atoms with Gasteiger partial charge in [-0.05, 0) is 0 Å².